The molecule has 1 fully saturated rings. The highest BCUT2D eigenvalue weighted by Gasteiger charge is 2.44. The van der Waals surface area contributed by atoms with Crippen LogP contribution in [0.3, 0.4) is 0 Å². The summed E-state index contributed by atoms with van der Waals surface area (Å²) in [5, 5.41) is 10.0. The van der Waals surface area contributed by atoms with Gasteiger partial charge >= 0.3 is 0 Å². The van der Waals surface area contributed by atoms with E-state index >= 15 is 0 Å². The van der Waals surface area contributed by atoms with Gasteiger partial charge in [0.25, 0.3) is 0 Å². The minimum atomic E-state index is -0.733. The van der Waals surface area contributed by atoms with Gasteiger partial charge < -0.3 is 5.11 Å². The number of benzene rings is 1. The number of halogens is 1. The molecule has 0 aliphatic heterocycles. The maximum absolute atomic E-state index is 13.6. The number of hydrogen-bond donors (Lipinski definition) is 1. The average molecular weight is 194 g/mol. The molecule has 0 heterocycles. The van der Waals surface area contributed by atoms with Crippen molar-refractivity contribution in [3.05, 3.63) is 34.1 Å². The Bertz CT molecular complexity index is 392. The summed E-state index contributed by atoms with van der Waals surface area (Å²) in [5.41, 5.74) is 2.35. The van der Waals surface area contributed by atoms with Crippen LogP contribution in [0.25, 0.3) is 0 Å². The van der Waals surface area contributed by atoms with E-state index in [1.165, 1.54) is 0 Å². The minimum Gasteiger partial charge on any atom is -0.385 e. The van der Waals surface area contributed by atoms with E-state index in [1.54, 1.807) is 13.8 Å². The normalized spacial score (nSPS) is 18.4. The van der Waals surface area contributed by atoms with Gasteiger partial charge in [-0.05, 0) is 55.9 Å². The highest BCUT2D eigenvalue weighted by atomic mass is 19.1. The molecule has 0 atom stereocenters. The fourth-order valence-electron chi connectivity index (χ4n) is 2.25. The summed E-state index contributed by atoms with van der Waals surface area (Å²) in [4.78, 5) is 0. The molecule has 1 aliphatic carbocycles. The molecule has 1 nitrogen and oxygen atoms in total. The van der Waals surface area contributed by atoms with Crippen molar-refractivity contribution < 1.29 is 9.50 Å². The van der Waals surface area contributed by atoms with Crippen molar-refractivity contribution >= 4 is 0 Å². The second-order valence-corrected chi connectivity index (χ2v) is 4.36. The van der Waals surface area contributed by atoms with Crippen LogP contribution in [0.2, 0.25) is 0 Å². The van der Waals surface area contributed by atoms with E-state index in [9.17, 15) is 9.50 Å². The Morgan fingerprint density at radius 3 is 2.29 bits per heavy atom. The zero-order valence-electron chi connectivity index (χ0n) is 8.82. The molecule has 76 valence electrons. The summed E-state index contributed by atoms with van der Waals surface area (Å²) in [5.74, 6) is -0.175. The molecule has 0 radical (unpaired) electrons. The molecule has 14 heavy (non-hydrogen) atoms. The molecule has 0 unspecified atom stereocenters. The smallest absolute Gasteiger partial charge is 0.129 e. The molecule has 0 aromatic heterocycles. The molecular formula is C12H15FO. The molecule has 1 saturated carbocycles. The third-order valence-corrected chi connectivity index (χ3v) is 3.07. The van der Waals surface area contributed by atoms with Gasteiger partial charge in [-0.25, -0.2) is 4.39 Å². The molecule has 2 heteroatoms. The Kier molecular flexibility index (Phi) is 1.93. The van der Waals surface area contributed by atoms with E-state index in [1.807, 2.05) is 13.0 Å². The Morgan fingerprint density at radius 2 is 1.79 bits per heavy atom. The van der Waals surface area contributed by atoms with Gasteiger partial charge in [-0.15, -0.1) is 0 Å². The SMILES string of the molecule is Cc1cc(C)c(C2(O)CC2)c(C)c1F. The molecule has 0 saturated heterocycles. The Morgan fingerprint density at radius 1 is 1.21 bits per heavy atom. The predicted molar refractivity (Wildman–Crippen MR) is 53.7 cm³/mol. The zero-order chi connectivity index (χ0) is 10.5. The quantitative estimate of drug-likeness (QED) is 0.728. The number of aryl methyl sites for hydroxylation is 2. The largest absolute Gasteiger partial charge is 0.385 e. The van der Waals surface area contributed by atoms with Gasteiger partial charge in [0.2, 0.25) is 0 Å². The van der Waals surface area contributed by atoms with Gasteiger partial charge in [0, 0.05) is 0 Å². The second-order valence-electron chi connectivity index (χ2n) is 4.36. The highest BCUT2D eigenvalue weighted by Crippen LogP contribution is 2.48. The lowest BCUT2D eigenvalue weighted by molar-refractivity contribution is 0.149. The fourth-order valence-corrected chi connectivity index (χ4v) is 2.25. The van der Waals surface area contributed by atoms with E-state index in [0.29, 0.717) is 11.1 Å². The molecule has 0 spiro atoms. The van der Waals surface area contributed by atoms with Crippen molar-refractivity contribution in [1.82, 2.24) is 0 Å². The van der Waals surface area contributed by atoms with Gasteiger partial charge in [-0.3, -0.25) is 0 Å². The lowest BCUT2D eigenvalue weighted by Crippen LogP contribution is -2.11. The van der Waals surface area contributed by atoms with Crippen LogP contribution in [-0.2, 0) is 5.60 Å². The lowest BCUT2D eigenvalue weighted by atomic mass is 9.93. The average Bonchev–Trinajstić information content (AvgIpc) is 2.80. The minimum absolute atomic E-state index is 0.175. The maximum atomic E-state index is 13.6. The van der Waals surface area contributed by atoms with Crippen LogP contribution in [-0.4, -0.2) is 5.11 Å². The first kappa shape index (κ1) is 9.66. The molecule has 1 aromatic rings. The van der Waals surface area contributed by atoms with Crippen molar-refractivity contribution in [3.63, 3.8) is 0 Å². The van der Waals surface area contributed by atoms with E-state index in [-0.39, 0.29) is 5.82 Å². The zero-order valence-corrected chi connectivity index (χ0v) is 8.82. The summed E-state index contributed by atoms with van der Waals surface area (Å²) in [7, 11) is 0. The summed E-state index contributed by atoms with van der Waals surface area (Å²) in [6, 6.07) is 1.81. The van der Waals surface area contributed by atoms with Gasteiger partial charge in [-0.1, -0.05) is 6.07 Å². The van der Waals surface area contributed by atoms with Gasteiger partial charge in [0.05, 0.1) is 5.60 Å². The predicted octanol–water partition coefficient (Wildman–Crippen LogP) is 2.73. The number of hydrogen-bond acceptors (Lipinski definition) is 1. The molecule has 2 rings (SSSR count). The van der Waals surface area contributed by atoms with Crippen molar-refractivity contribution in [2.45, 2.75) is 39.2 Å². The van der Waals surface area contributed by atoms with Crippen molar-refractivity contribution in [2.75, 3.05) is 0 Å². The van der Waals surface area contributed by atoms with Gasteiger partial charge in [0.15, 0.2) is 0 Å². The van der Waals surface area contributed by atoms with Crippen LogP contribution in [0.15, 0.2) is 6.07 Å². The van der Waals surface area contributed by atoms with Crippen LogP contribution in [0, 0.1) is 26.6 Å². The van der Waals surface area contributed by atoms with Crippen LogP contribution >= 0.6 is 0 Å². The third-order valence-electron chi connectivity index (χ3n) is 3.07. The lowest BCUT2D eigenvalue weighted by Gasteiger charge is -2.17. The first-order chi connectivity index (χ1) is 6.46. The number of rotatable bonds is 1. The van der Waals surface area contributed by atoms with E-state index in [0.717, 1.165) is 24.0 Å². The maximum Gasteiger partial charge on any atom is 0.129 e. The van der Waals surface area contributed by atoms with Crippen molar-refractivity contribution in [1.29, 1.82) is 0 Å². The monoisotopic (exact) mass is 194 g/mol. The first-order valence-electron chi connectivity index (χ1n) is 4.95. The molecule has 0 amide bonds. The molecule has 1 aromatic carbocycles. The Balaban J connectivity index is 2.65. The topological polar surface area (TPSA) is 20.2 Å². The fraction of sp³-hybridized carbons (Fsp3) is 0.500. The van der Waals surface area contributed by atoms with Gasteiger partial charge in [-0.2, -0.15) is 0 Å². The van der Waals surface area contributed by atoms with Gasteiger partial charge in [0.1, 0.15) is 5.82 Å². The first-order valence-corrected chi connectivity index (χ1v) is 4.95. The van der Waals surface area contributed by atoms with Crippen LogP contribution in [0.5, 0.6) is 0 Å². The standard InChI is InChI=1S/C12H15FO/c1-7-6-8(2)11(13)9(3)10(7)12(14)4-5-12/h6,14H,4-5H2,1-3H3. The Hall–Kier alpha value is -0.890. The van der Waals surface area contributed by atoms with E-state index < -0.39 is 5.60 Å². The molecule has 1 aliphatic rings. The van der Waals surface area contributed by atoms with Crippen LogP contribution in [0.1, 0.15) is 35.1 Å². The third kappa shape index (κ3) is 1.25. The molecule has 0 bridgehead atoms. The molecular weight excluding hydrogens is 179 g/mol. The number of aliphatic hydroxyl groups is 1. The van der Waals surface area contributed by atoms with Crippen molar-refractivity contribution in [2.24, 2.45) is 0 Å². The second kappa shape index (κ2) is 2.80. The van der Waals surface area contributed by atoms with E-state index in [4.69, 9.17) is 0 Å². The van der Waals surface area contributed by atoms with Crippen LogP contribution < -0.4 is 0 Å². The van der Waals surface area contributed by atoms with E-state index in [2.05, 4.69) is 0 Å². The summed E-state index contributed by atoms with van der Waals surface area (Å²) in [6.45, 7) is 5.45. The summed E-state index contributed by atoms with van der Waals surface area (Å²) < 4.78 is 13.6. The van der Waals surface area contributed by atoms with Crippen molar-refractivity contribution in [3.8, 4) is 0 Å². The summed E-state index contributed by atoms with van der Waals surface area (Å²) >= 11 is 0. The van der Waals surface area contributed by atoms with Crippen LogP contribution in [0.4, 0.5) is 4.39 Å². The Labute approximate surface area is 83.6 Å². The highest BCUT2D eigenvalue weighted by molar-refractivity contribution is 5.44. The molecule has 1 N–H and O–H groups in total. The summed E-state index contributed by atoms with van der Waals surface area (Å²) in [6.07, 6.45) is 1.52.